The van der Waals surface area contributed by atoms with Gasteiger partial charge in [0.2, 0.25) is 0 Å². The van der Waals surface area contributed by atoms with E-state index >= 15 is 0 Å². The third-order valence-corrected chi connectivity index (χ3v) is 6.38. The zero-order chi connectivity index (χ0) is 23.7. The molecule has 0 spiro atoms. The Morgan fingerprint density at radius 3 is 2.50 bits per heavy atom. The van der Waals surface area contributed by atoms with E-state index in [0.29, 0.717) is 13.1 Å². The van der Waals surface area contributed by atoms with E-state index in [4.69, 9.17) is 19.4 Å². The molecule has 2 aromatic rings. The van der Waals surface area contributed by atoms with Crippen LogP contribution >= 0.6 is 0 Å². The molecule has 4 heterocycles. The first-order valence-corrected chi connectivity index (χ1v) is 12.0. The molecule has 7 nitrogen and oxygen atoms in total. The number of nitrogens with zero attached hydrogens (tertiary/aromatic N) is 4. The Morgan fingerprint density at radius 2 is 1.82 bits per heavy atom. The third-order valence-electron chi connectivity index (χ3n) is 6.38. The smallest absolute Gasteiger partial charge is 0.410 e. The minimum atomic E-state index is -0.481. The topological polar surface area (TPSA) is 67.8 Å². The Kier molecular flexibility index (Phi) is 6.13. The summed E-state index contributed by atoms with van der Waals surface area (Å²) in [6.07, 6.45) is 9.69. The zero-order valence-corrected chi connectivity index (χ0v) is 20.2. The molecule has 0 atom stereocenters. The van der Waals surface area contributed by atoms with Gasteiger partial charge in [-0.1, -0.05) is 12.2 Å². The third kappa shape index (κ3) is 4.85. The second-order valence-corrected chi connectivity index (χ2v) is 9.95. The molecule has 0 aromatic carbocycles. The molecule has 1 fully saturated rings. The van der Waals surface area contributed by atoms with Crippen molar-refractivity contribution < 1.29 is 14.3 Å². The maximum absolute atomic E-state index is 12.4. The highest BCUT2D eigenvalue weighted by atomic mass is 16.6. The minimum absolute atomic E-state index is 0.249. The van der Waals surface area contributed by atoms with Gasteiger partial charge in [-0.15, -0.1) is 0 Å². The molecule has 7 heteroatoms. The predicted octanol–water partition coefficient (Wildman–Crippen LogP) is 4.49. The highest BCUT2D eigenvalue weighted by molar-refractivity contribution is 5.86. The number of morpholine rings is 1. The lowest BCUT2D eigenvalue weighted by Crippen LogP contribution is -2.39. The predicted molar refractivity (Wildman–Crippen MR) is 133 cm³/mol. The van der Waals surface area contributed by atoms with Crippen molar-refractivity contribution in [2.75, 3.05) is 44.3 Å². The number of aromatic nitrogens is 2. The Bertz CT molecular complexity index is 1130. The van der Waals surface area contributed by atoms with E-state index < -0.39 is 5.60 Å². The standard InChI is InChI=1S/C27H32N4O3/c1-27(2,3)34-26(32)31-10-8-19(9-11-31)22-5-6-24-23(22)16-21(18-28-24)20-4-7-25(29-17-20)30-12-14-33-15-13-30/h4-5,7-8,16-18H,6,9-15H2,1-3H3. The molecule has 178 valence electrons. The first-order valence-electron chi connectivity index (χ1n) is 12.0. The summed E-state index contributed by atoms with van der Waals surface area (Å²) < 4.78 is 11.0. The van der Waals surface area contributed by atoms with E-state index in [2.05, 4.69) is 35.3 Å². The van der Waals surface area contributed by atoms with Crippen LogP contribution in [0.15, 0.2) is 48.3 Å². The summed E-state index contributed by atoms with van der Waals surface area (Å²) in [7, 11) is 0. The van der Waals surface area contributed by atoms with Gasteiger partial charge in [0, 0.05) is 61.7 Å². The fourth-order valence-corrected chi connectivity index (χ4v) is 4.60. The lowest BCUT2D eigenvalue weighted by Gasteiger charge is -2.30. The van der Waals surface area contributed by atoms with Crippen molar-refractivity contribution in [1.29, 1.82) is 0 Å². The van der Waals surface area contributed by atoms with Crippen molar-refractivity contribution in [1.82, 2.24) is 14.9 Å². The molecule has 0 unspecified atom stereocenters. The lowest BCUT2D eigenvalue weighted by molar-refractivity contribution is 0.0267. The van der Waals surface area contributed by atoms with E-state index in [-0.39, 0.29) is 6.09 Å². The Morgan fingerprint density at radius 1 is 1.03 bits per heavy atom. The zero-order valence-electron chi connectivity index (χ0n) is 20.2. The molecule has 1 amide bonds. The van der Waals surface area contributed by atoms with Crippen molar-refractivity contribution in [2.24, 2.45) is 0 Å². The van der Waals surface area contributed by atoms with E-state index in [0.717, 1.165) is 61.8 Å². The summed E-state index contributed by atoms with van der Waals surface area (Å²) in [6.45, 7) is 10.2. The van der Waals surface area contributed by atoms with Crippen LogP contribution in [0.4, 0.5) is 10.6 Å². The molecule has 1 aliphatic carbocycles. The van der Waals surface area contributed by atoms with Crippen molar-refractivity contribution in [3.05, 3.63) is 59.6 Å². The first-order chi connectivity index (χ1) is 16.4. The summed E-state index contributed by atoms with van der Waals surface area (Å²) in [4.78, 5) is 25.9. The van der Waals surface area contributed by atoms with E-state index in [9.17, 15) is 4.79 Å². The summed E-state index contributed by atoms with van der Waals surface area (Å²) in [5, 5.41) is 0. The molecule has 2 aliphatic heterocycles. The molecular formula is C27H32N4O3. The molecular weight excluding hydrogens is 428 g/mol. The Labute approximate surface area is 201 Å². The fraction of sp³-hybridized carbons (Fsp3) is 0.444. The molecule has 1 saturated heterocycles. The SMILES string of the molecule is CC(C)(C)OC(=O)N1CC=C(C2=CCc3ncc(-c4ccc(N5CCOCC5)nc4)cc32)CC1. The number of hydrogen-bond acceptors (Lipinski definition) is 6. The van der Waals surface area contributed by atoms with Crippen molar-refractivity contribution in [2.45, 2.75) is 39.2 Å². The van der Waals surface area contributed by atoms with Crippen LogP contribution in [0.2, 0.25) is 0 Å². The van der Waals surface area contributed by atoms with Crippen molar-refractivity contribution in [3.63, 3.8) is 0 Å². The molecule has 2 aromatic heterocycles. The number of rotatable bonds is 3. The number of amides is 1. The molecule has 0 saturated carbocycles. The highest BCUT2D eigenvalue weighted by Gasteiger charge is 2.26. The number of carbonyl (C=O) groups excluding carboxylic acids is 1. The normalized spacial score (nSPS) is 18.3. The van der Waals surface area contributed by atoms with Crippen LogP contribution in [-0.4, -0.2) is 66.0 Å². The number of pyridine rings is 2. The van der Waals surface area contributed by atoms with Crippen LogP contribution in [0.1, 0.15) is 38.4 Å². The van der Waals surface area contributed by atoms with Gasteiger partial charge in [-0.3, -0.25) is 4.98 Å². The average Bonchev–Trinajstić information content (AvgIpc) is 3.27. The van der Waals surface area contributed by atoms with Crippen LogP contribution in [0.3, 0.4) is 0 Å². The summed E-state index contributed by atoms with van der Waals surface area (Å²) in [5.41, 5.74) is 6.46. The lowest BCUT2D eigenvalue weighted by atomic mass is 9.94. The minimum Gasteiger partial charge on any atom is -0.444 e. The van der Waals surface area contributed by atoms with E-state index in [1.165, 1.54) is 16.7 Å². The van der Waals surface area contributed by atoms with Crippen LogP contribution in [0, 0.1) is 0 Å². The molecule has 5 rings (SSSR count). The number of anilines is 1. The second kappa shape index (κ2) is 9.22. The van der Waals surface area contributed by atoms with Crippen LogP contribution < -0.4 is 4.90 Å². The molecule has 3 aliphatic rings. The monoisotopic (exact) mass is 460 g/mol. The van der Waals surface area contributed by atoms with Gasteiger partial charge >= 0.3 is 6.09 Å². The van der Waals surface area contributed by atoms with Gasteiger partial charge in [-0.2, -0.15) is 0 Å². The summed E-state index contributed by atoms with van der Waals surface area (Å²) in [5.74, 6) is 0.989. The van der Waals surface area contributed by atoms with Gasteiger partial charge in [-0.05, 0) is 56.5 Å². The van der Waals surface area contributed by atoms with E-state index in [1.54, 1.807) is 4.90 Å². The highest BCUT2D eigenvalue weighted by Crippen LogP contribution is 2.37. The van der Waals surface area contributed by atoms with Gasteiger partial charge in [0.15, 0.2) is 0 Å². The fourth-order valence-electron chi connectivity index (χ4n) is 4.60. The molecule has 0 N–H and O–H groups in total. The maximum atomic E-state index is 12.4. The number of carbonyl (C=O) groups is 1. The number of hydrogen-bond donors (Lipinski definition) is 0. The average molecular weight is 461 g/mol. The number of allylic oxidation sites excluding steroid dienone is 2. The van der Waals surface area contributed by atoms with Gasteiger partial charge < -0.3 is 19.3 Å². The summed E-state index contributed by atoms with van der Waals surface area (Å²) in [6, 6.07) is 6.44. The first kappa shape index (κ1) is 22.6. The summed E-state index contributed by atoms with van der Waals surface area (Å²) >= 11 is 0. The molecule has 34 heavy (non-hydrogen) atoms. The molecule has 0 radical (unpaired) electrons. The quantitative estimate of drug-likeness (QED) is 0.673. The number of ether oxygens (including phenoxy) is 2. The Balaban J connectivity index is 1.31. The van der Waals surface area contributed by atoms with Crippen LogP contribution in [0.5, 0.6) is 0 Å². The van der Waals surface area contributed by atoms with Crippen molar-refractivity contribution in [3.8, 4) is 11.1 Å². The largest absolute Gasteiger partial charge is 0.444 e. The number of fused-ring (bicyclic) bond motifs is 1. The Hall–Kier alpha value is -3.19. The van der Waals surface area contributed by atoms with Gasteiger partial charge in [0.1, 0.15) is 11.4 Å². The van der Waals surface area contributed by atoms with Crippen LogP contribution in [0.25, 0.3) is 16.7 Å². The van der Waals surface area contributed by atoms with Crippen molar-refractivity contribution >= 4 is 17.5 Å². The van der Waals surface area contributed by atoms with Gasteiger partial charge in [-0.25, -0.2) is 9.78 Å². The molecule has 0 bridgehead atoms. The van der Waals surface area contributed by atoms with Gasteiger partial charge in [0.25, 0.3) is 0 Å². The van der Waals surface area contributed by atoms with Gasteiger partial charge in [0.05, 0.1) is 18.9 Å². The van der Waals surface area contributed by atoms with E-state index in [1.807, 2.05) is 33.2 Å². The second-order valence-electron chi connectivity index (χ2n) is 9.95. The van der Waals surface area contributed by atoms with Crippen LogP contribution in [-0.2, 0) is 15.9 Å². The maximum Gasteiger partial charge on any atom is 0.410 e.